The lowest BCUT2D eigenvalue weighted by Gasteiger charge is -2.08. The third-order valence-electron chi connectivity index (χ3n) is 2.25. The standard InChI is InChI=1S/C10H8BrF2S2.CHF3O3S/c11-6-4-7(12)9(8(13)5-6)10-14-2-1-3-15-10;2-1(3,4)8(5,6)7/h4-5H,1-3H2;(H,5,6,7)/q+1;/p-1. The summed E-state index contributed by atoms with van der Waals surface area (Å²) in [5, 5.41) is 0. The first-order chi connectivity index (χ1) is 10.4. The fourth-order valence-corrected chi connectivity index (χ4v) is 4.36. The van der Waals surface area contributed by atoms with E-state index in [4.69, 9.17) is 13.0 Å². The summed E-state index contributed by atoms with van der Waals surface area (Å²) in [5.41, 5.74) is -5.51. The summed E-state index contributed by atoms with van der Waals surface area (Å²) < 4.78 is 87.3. The minimum Gasteiger partial charge on any atom is -0.741 e. The van der Waals surface area contributed by atoms with Crippen LogP contribution in [0.15, 0.2) is 16.6 Å². The van der Waals surface area contributed by atoms with Crippen LogP contribution < -0.4 is 0 Å². The van der Waals surface area contributed by atoms with Gasteiger partial charge in [0.05, 0.1) is 0 Å². The van der Waals surface area contributed by atoms with E-state index in [2.05, 4.69) is 15.9 Å². The molecule has 1 aliphatic rings. The number of benzene rings is 1. The summed E-state index contributed by atoms with van der Waals surface area (Å²) in [6.07, 6.45) is 1.10. The van der Waals surface area contributed by atoms with E-state index < -0.39 is 27.3 Å². The van der Waals surface area contributed by atoms with Gasteiger partial charge in [-0.3, -0.25) is 0 Å². The molecule has 23 heavy (non-hydrogen) atoms. The Morgan fingerprint density at radius 2 is 1.70 bits per heavy atom. The van der Waals surface area contributed by atoms with Crippen molar-refractivity contribution in [1.29, 1.82) is 0 Å². The van der Waals surface area contributed by atoms with E-state index in [9.17, 15) is 22.0 Å². The second kappa shape index (κ2) is 8.19. The van der Waals surface area contributed by atoms with E-state index in [1.807, 2.05) is 0 Å². The van der Waals surface area contributed by atoms with Crippen LogP contribution >= 0.6 is 27.7 Å². The van der Waals surface area contributed by atoms with Crippen molar-refractivity contribution in [2.45, 2.75) is 11.9 Å². The lowest BCUT2D eigenvalue weighted by molar-refractivity contribution is -0.0517. The van der Waals surface area contributed by atoms with E-state index in [-0.39, 0.29) is 5.56 Å². The van der Waals surface area contributed by atoms with Gasteiger partial charge >= 0.3 is 5.51 Å². The highest BCUT2D eigenvalue weighted by Gasteiger charge is 2.36. The van der Waals surface area contributed by atoms with Gasteiger partial charge in [-0.2, -0.15) is 13.2 Å². The maximum Gasteiger partial charge on any atom is 0.485 e. The average Bonchev–Trinajstić information content (AvgIpc) is 2.37. The van der Waals surface area contributed by atoms with Crippen molar-refractivity contribution in [3.05, 3.63) is 33.8 Å². The second-order valence-corrected chi connectivity index (χ2v) is 8.74. The smallest absolute Gasteiger partial charge is 0.485 e. The van der Waals surface area contributed by atoms with Gasteiger partial charge in [-0.1, -0.05) is 27.7 Å². The zero-order chi connectivity index (χ0) is 17.8. The van der Waals surface area contributed by atoms with E-state index in [1.54, 1.807) is 0 Å². The molecular weight excluding hydrogens is 451 g/mol. The second-order valence-electron chi connectivity index (χ2n) is 3.98. The van der Waals surface area contributed by atoms with Gasteiger partial charge in [-0.15, -0.1) is 0 Å². The molecule has 0 bridgehead atoms. The van der Waals surface area contributed by atoms with Crippen LogP contribution in [0.1, 0.15) is 12.0 Å². The molecule has 0 spiro atoms. The zero-order valence-corrected chi connectivity index (χ0v) is 15.0. The summed E-state index contributed by atoms with van der Waals surface area (Å²) >= 11 is 6.14. The highest BCUT2D eigenvalue weighted by Crippen LogP contribution is 2.25. The van der Waals surface area contributed by atoms with Crippen LogP contribution in [0.25, 0.3) is 0 Å². The molecule has 0 radical (unpaired) electrons. The minimum absolute atomic E-state index is 0.132. The van der Waals surface area contributed by atoms with Crippen LogP contribution in [0.4, 0.5) is 22.0 Å². The Morgan fingerprint density at radius 1 is 1.22 bits per heavy atom. The van der Waals surface area contributed by atoms with Gasteiger partial charge < -0.3 is 4.55 Å². The number of alkyl halides is 3. The molecule has 0 saturated carbocycles. The first-order valence-electron chi connectivity index (χ1n) is 5.73. The van der Waals surface area contributed by atoms with Gasteiger partial charge in [0.1, 0.15) is 17.2 Å². The summed E-state index contributed by atoms with van der Waals surface area (Å²) in [6.45, 7) is 0. The summed E-state index contributed by atoms with van der Waals surface area (Å²) in [6, 6.07) is 2.61. The Kier molecular flexibility index (Phi) is 7.38. The molecule has 0 fully saturated rings. The third-order valence-corrected chi connectivity index (χ3v) is 5.90. The topological polar surface area (TPSA) is 57.2 Å². The van der Waals surface area contributed by atoms with Crippen molar-refractivity contribution >= 4 is 53.4 Å². The number of hydrogen-bond donors (Lipinski definition) is 0. The van der Waals surface area contributed by atoms with E-state index in [0.29, 0.717) is 4.47 Å². The van der Waals surface area contributed by atoms with Crippen molar-refractivity contribution in [2.75, 3.05) is 11.5 Å². The maximum atomic E-state index is 13.6. The van der Waals surface area contributed by atoms with Crippen molar-refractivity contribution < 1.29 is 34.9 Å². The van der Waals surface area contributed by atoms with Gasteiger partial charge in [0, 0.05) is 16.6 Å². The molecule has 0 unspecified atom stereocenters. The van der Waals surface area contributed by atoms with Gasteiger partial charge in [0.25, 0.3) is 4.20 Å². The minimum atomic E-state index is -6.09. The number of halogens is 6. The normalized spacial score (nSPS) is 15.5. The first kappa shape index (κ1) is 20.7. The Hall–Kier alpha value is -0.300. The first-order valence-corrected chi connectivity index (χ1v) is 9.90. The van der Waals surface area contributed by atoms with Crippen LogP contribution in [0.2, 0.25) is 0 Å². The molecule has 0 aromatic heterocycles. The van der Waals surface area contributed by atoms with Crippen LogP contribution in [-0.2, 0) is 21.5 Å². The SMILES string of the molecule is Fc1cc(Br)cc(F)c1C1=[S+]CCCS1.O=S(=O)([O-])C(F)(F)F. The monoisotopic (exact) mass is 458 g/mol. The van der Waals surface area contributed by atoms with Crippen molar-refractivity contribution in [3.8, 4) is 0 Å². The Balaban J connectivity index is 0.000000284. The molecule has 12 heteroatoms. The average molecular weight is 459 g/mol. The van der Waals surface area contributed by atoms with Crippen molar-refractivity contribution in [2.24, 2.45) is 0 Å². The molecule has 0 atom stereocenters. The Morgan fingerprint density at radius 3 is 2.04 bits per heavy atom. The van der Waals surface area contributed by atoms with Crippen molar-refractivity contribution in [1.82, 2.24) is 0 Å². The molecule has 130 valence electrons. The number of rotatable bonds is 1. The lowest BCUT2D eigenvalue weighted by Crippen LogP contribution is -2.21. The molecule has 1 aromatic carbocycles. The van der Waals surface area contributed by atoms with E-state index in [1.165, 1.54) is 35.2 Å². The molecule has 1 aromatic rings. The number of hydrogen-bond acceptors (Lipinski definition) is 4. The fraction of sp³-hybridized carbons (Fsp3) is 0.364. The molecule has 3 nitrogen and oxygen atoms in total. The lowest BCUT2D eigenvalue weighted by atomic mass is 10.2. The highest BCUT2D eigenvalue weighted by molar-refractivity contribution is 9.10. The Labute approximate surface area is 145 Å². The largest absolute Gasteiger partial charge is 0.741 e. The van der Waals surface area contributed by atoms with Crippen LogP contribution in [0, 0.1) is 11.6 Å². The highest BCUT2D eigenvalue weighted by atomic mass is 79.9. The van der Waals surface area contributed by atoms with Gasteiger partial charge in [-0.05, 0) is 12.1 Å². The van der Waals surface area contributed by atoms with Crippen molar-refractivity contribution in [3.63, 3.8) is 0 Å². The molecule has 0 aliphatic carbocycles. The Bertz CT molecular complexity index is 680. The summed E-state index contributed by atoms with van der Waals surface area (Å²) in [5.74, 6) is 0.909. The molecular formula is C11H8BrF5O3S3. The third kappa shape index (κ3) is 6.25. The zero-order valence-electron chi connectivity index (χ0n) is 11.0. The van der Waals surface area contributed by atoms with Gasteiger partial charge in [0.2, 0.25) is 0 Å². The quantitative estimate of drug-likeness (QED) is 0.212. The van der Waals surface area contributed by atoms with Crippen LogP contribution in [0.5, 0.6) is 0 Å². The molecule has 0 amide bonds. The molecule has 0 saturated heterocycles. The van der Waals surface area contributed by atoms with Crippen LogP contribution in [0.3, 0.4) is 0 Å². The molecule has 1 heterocycles. The van der Waals surface area contributed by atoms with Gasteiger partial charge in [0.15, 0.2) is 27.2 Å². The van der Waals surface area contributed by atoms with Gasteiger partial charge in [-0.25, -0.2) is 17.2 Å². The van der Waals surface area contributed by atoms with E-state index >= 15 is 0 Å². The molecule has 2 rings (SSSR count). The van der Waals surface area contributed by atoms with Crippen LogP contribution in [-0.4, -0.2) is 34.2 Å². The van der Waals surface area contributed by atoms with E-state index in [0.717, 1.165) is 22.1 Å². The molecule has 0 N–H and O–H groups in total. The predicted octanol–water partition coefficient (Wildman–Crippen LogP) is 3.48. The maximum absolute atomic E-state index is 13.6. The summed E-state index contributed by atoms with van der Waals surface area (Å²) in [7, 11) is -6.09. The predicted molar refractivity (Wildman–Crippen MR) is 83.2 cm³/mol. The molecule has 1 aliphatic heterocycles. The number of thioether (sulfide) groups is 1. The summed E-state index contributed by atoms with van der Waals surface area (Å²) in [4.78, 5) is 0. The fourth-order valence-electron chi connectivity index (χ4n) is 1.31.